The van der Waals surface area contributed by atoms with Gasteiger partial charge in [0.05, 0.1) is 20.2 Å². The number of benzene rings is 3. The van der Waals surface area contributed by atoms with Crippen LogP contribution in [0.2, 0.25) is 10.0 Å². The molecule has 0 saturated carbocycles. The zero-order valence-corrected chi connectivity index (χ0v) is 20.9. The Hall–Kier alpha value is -2.83. The van der Waals surface area contributed by atoms with E-state index in [9.17, 15) is 18.5 Å². The highest BCUT2D eigenvalue weighted by molar-refractivity contribution is 9.10. The molecule has 6 nitrogen and oxygen atoms in total. The van der Waals surface area contributed by atoms with E-state index in [2.05, 4.69) is 21.2 Å². The first-order valence-corrected chi connectivity index (χ1v) is 12.2. The summed E-state index contributed by atoms with van der Waals surface area (Å²) >= 11 is 15.3. The summed E-state index contributed by atoms with van der Waals surface area (Å²) in [6.45, 7) is 1.85. The van der Waals surface area contributed by atoms with Crippen molar-refractivity contribution in [3.63, 3.8) is 0 Å². The van der Waals surface area contributed by atoms with Gasteiger partial charge in [0.1, 0.15) is 16.5 Å². The summed E-state index contributed by atoms with van der Waals surface area (Å²) in [5, 5.41) is 12.4. The first kappa shape index (κ1) is 24.8. The standard InChI is InChI=1S/C23H15BrCl2N2O4S/c1-14-5-8-17(9-6-14)33(30,31)32-21-10-7-15(12-18(21)24)11-16(13-27)23(29)28-20-4-2-3-19(25)22(20)26/h2-12H,1H3,(H,28,29)/b16-11+. The van der Waals surface area contributed by atoms with E-state index in [4.69, 9.17) is 27.4 Å². The molecule has 1 N–H and O–H groups in total. The lowest BCUT2D eigenvalue weighted by atomic mass is 10.1. The Morgan fingerprint density at radius 3 is 2.45 bits per heavy atom. The average Bonchev–Trinajstić information content (AvgIpc) is 2.77. The van der Waals surface area contributed by atoms with Crippen molar-refractivity contribution in [3.8, 4) is 11.8 Å². The van der Waals surface area contributed by atoms with Gasteiger partial charge < -0.3 is 9.50 Å². The molecule has 0 aliphatic carbocycles. The van der Waals surface area contributed by atoms with Gasteiger partial charge in [0, 0.05) is 0 Å². The lowest BCUT2D eigenvalue weighted by molar-refractivity contribution is -0.112. The van der Waals surface area contributed by atoms with E-state index in [1.54, 1.807) is 30.3 Å². The number of carbonyl (C=O) groups excluding carboxylic acids is 1. The fraction of sp³-hybridized carbons (Fsp3) is 0.0435. The molecule has 3 rings (SSSR count). The van der Waals surface area contributed by atoms with Gasteiger partial charge in [-0.25, -0.2) is 0 Å². The third-order valence-corrected chi connectivity index (χ3v) is 7.03. The highest BCUT2D eigenvalue weighted by atomic mass is 79.9. The number of hydrogen-bond donors (Lipinski definition) is 1. The lowest BCUT2D eigenvalue weighted by Gasteiger charge is -2.10. The van der Waals surface area contributed by atoms with Gasteiger partial charge in [-0.1, -0.05) is 53.0 Å². The van der Waals surface area contributed by atoms with Crippen LogP contribution in [0.25, 0.3) is 6.08 Å². The summed E-state index contributed by atoms with van der Waals surface area (Å²) in [6.07, 6.45) is 1.34. The maximum Gasteiger partial charge on any atom is 0.339 e. The first-order valence-electron chi connectivity index (χ1n) is 9.28. The van der Waals surface area contributed by atoms with E-state index in [0.29, 0.717) is 10.0 Å². The van der Waals surface area contributed by atoms with Crippen molar-refractivity contribution in [1.82, 2.24) is 0 Å². The SMILES string of the molecule is Cc1ccc(S(=O)(=O)Oc2ccc(/C=C(\C#N)C(=O)Nc3cccc(Cl)c3Cl)cc2Br)cc1. The topological polar surface area (TPSA) is 96.3 Å². The highest BCUT2D eigenvalue weighted by Crippen LogP contribution is 2.31. The van der Waals surface area contributed by atoms with E-state index >= 15 is 0 Å². The molecule has 0 heterocycles. The smallest absolute Gasteiger partial charge is 0.339 e. The molecule has 0 aliphatic rings. The molecule has 1 amide bonds. The summed E-state index contributed by atoms with van der Waals surface area (Å²) in [4.78, 5) is 12.5. The largest absolute Gasteiger partial charge is 0.378 e. The number of halogens is 3. The minimum Gasteiger partial charge on any atom is -0.378 e. The number of hydrogen-bond acceptors (Lipinski definition) is 5. The summed E-state index contributed by atoms with van der Waals surface area (Å²) < 4.78 is 30.6. The zero-order chi connectivity index (χ0) is 24.2. The Bertz CT molecular complexity index is 1400. The maximum absolute atomic E-state index is 12.5. The van der Waals surface area contributed by atoms with Crippen molar-refractivity contribution in [1.29, 1.82) is 5.26 Å². The number of carbonyl (C=O) groups is 1. The van der Waals surface area contributed by atoms with Gasteiger partial charge >= 0.3 is 10.1 Å². The van der Waals surface area contributed by atoms with Crippen LogP contribution in [0.4, 0.5) is 5.69 Å². The molecule has 0 aliphatic heterocycles. The third-order valence-electron chi connectivity index (χ3n) is 4.34. The molecular formula is C23H15BrCl2N2O4S. The molecule has 3 aromatic carbocycles. The van der Waals surface area contributed by atoms with Crippen LogP contribution >= 0.6 is 39.1 Å². The normalized spacial score (nSPS) is 11.5. The number of rotatable bonds is 6. The molecule has 0 spiro atoms. The minimum atomic E-state index is -4.03. The molecule has 33 heavy (non-hydrogen) atoms. The molecule has 0 fully saturated rings. The van der Waals surface area contributed by atoms with Crippen LogP contribution in [0, 0.1) is 18.3 Å². The maximum atomic E-state index is 12.5. The quantitative estimate of drug-likeness (QED) is 0.212. The number of amides is 1. The van der Waals surface area contributed by atoms with Gasteiger partial charge in [-0.15, -0.1) is 0 Å². The molecule has 0 atom stereocenters. The molecule has 0 bridgehead atoms. The van der Waals surface area contributed by atoms with Crippen LogP contribution in [0.5, 0.6) is 5.75 Å². The molecule has 10 heteroatoms. The monoisotopic (exact) mass is 564 g/mol. The van der Waals surface area contributed by atoms with Crippen LogP contribution in [0.3, 0.4) is 0 Å². The van der Waals surface area contributed by atoms with Crippen molar-refractivity contribution in [2.45, 2.75) is 11.8 Å². The Morgan fingerprint density at radius 2 is 1.82 bits per heavy atom. The van der Waals surface area contributed by atoms with Gasteiger partial charge in [0.25, 0.3) is 5.91 Å². The van der Waals surface area contributed by atoms with Gasteiger partial charge in [-0.2, -0.15) is 13.7 Å². The minimum absolute atomic E-state index is 0.0205. The molecule has 0 aromatic heterocycles. The second-order valence-corrected chi connectivity index (χ2v) is 9.95. The van der Waals surface area contributed by atoms with Gasteiger partial charge in [0.15, 0.2) is 5.75 Å². The molecule has 0 saturated heterocycles. The second-order valence-electron chi connectivity index (χ2n) is 6.77. The number of nitrogens with zero attached hydrogens (tertiary/aromatic N) is 1. The number of anilines is 1. The van der Waals surface area contributed by atoms with E-state index in [0.717, 1.165) is 5.56 Å². The lowest BCUT2D eigenvalue weighted by Crippen LogP contribution is -2.13. The average molecular weight is 566 g/mol. The van der Waals surface area contributed by atoms with Crippen molar-refractivity contribution in [3.05, 3.63) is 91.9 Å². The molecule has 0 radical (unpaired) electrons. The van der Waals surface area contributed by atoms with Crippen LogP contribution in [0.15, 0.2) is 75.6 Å². The van der Waals surface area contributed by atoms with Crippen molar-refractivity contribution in [2.75, 3.05) is 5.32 Å². The van der Waals surface area contributed by atoms with Crippen molar-refractivity contribution >= 4 is 66.9 Å². The third kappa shape index (κ3) is 6.15. The van der Waals surface area contributed by atoms with Crippen LogP contribution in [-0.4, -0.2) is 14.3 Å². The van der Waals surface area contributed by atoms with Crippen LogP contribution < -0.4 is 9.50 Å². The van der Waals surface area contributed by atoms with Gasteiger partial charge in [0.2, 0.25) is 0 Å². The fourth-order valence-electron chi connectivity index (χ4n) is 2.65. The highest BCUT2D eigenvalue weighted by Gasteiger charge is 2.18. The van der Waals surface area contributed by atoms with E-state index < -0.39 is 16.0 Å². The summed E-state index contributed by atoms with van der Waals surface area (Å²) in [5.41, 5.74) is 1.45. The second kappa shape index (κ2) is 10.4. The molecule has 0 unspecified atom stereocenters. The van der Waals surface area contributed by atoms with Gasteiger partial charge in [-0.3, -0.25) is 4.79 Å². The van der Waals surface area contributed by atoms with Crippen LogP contribution in [-0.2, 0) is 14.9 Å². The van der Waals surface area contributed by atoms with Crippen molar-refractivity contribution in [2.24, 2.45) is 0 Å². The Kier molecular flexibility index (Phi) is 7.82. The zero-order valence-electron chi connectivity index (χ0n) is 17.0. The Balaban J connectivity index is 1.81. The predicted molar refractivity (Wildman–Crippen MR) is 132 cm³/mol. The van der Waals surface area contributed by atoms with Crippen molar-refractivity contribution < 1.29 is 17.4 Å². The molecule has 3 aromatic rings. The van der Waals surface area contributed by atoms with Gasteiger partial charge in [-0.05, 0) is 70.9 Å². The van der Waals surface area contributed by atoms with E-state index in [1.807, 2.05) is 13.0 Å². The Labute approximate surface area is 209 Å². The number of nitriles is 1. The fourth-order valence-corrected chi connectivity index (χ4v) is 4.53. The van der Waals surface area contributed by atoms with E-state index in [1.165, 1.54) is 36.4 Å². The predicted octanol–water partition coefficient (Wildman–Crippen LogP) is 6.38. The first-order chi connectivity index (χ1) is 15.6. The van der Waals surface area contributed by atoms with Crippen LogP contribution in [0.1, 0.15) is 11.1 Å². The number of nitrogens with one attached hydrogen (secondary N) is 1. The molecule has 168 valence electrons. The number of aryl methyl sites for hydroxylation is 1. The Morgan fingerprint density at radius 1 is 1.12 bits per heavy atom. The molecular weight excluding hydrogens is 551 g/mol. The summed E-state index contributed by atoms with van der Waals surface area (Å²) in [6, 6.07) is 17.3. The summed E-state index contributed by atoms with van der Waals surface area (Å²) in [7, 11) is -4.03. The summed E-state index contributed by atoms with van der Waals surface area (Å²) in [5.74, 6) is -0.624. The van der Waals surface area contributed by atoms with E-state index in [-0.39, 0.29) is 32.0 Å².